The molecule has 92 valence electrons. The number of hydrogen-bond acceptors (Lipinski definition) is 2. The number of unbranched alkanes of at least 4 members (excludes halogenated alkanes) is 1. The van der Waals surface area contributed by atoms with E-state index in [-0.39, 0.29) is 5.57 Å². The molecule has 0 heterocycles. The number of rotatable bonds is 4. The van der Waals surface area contributed by atoms with E-state index in [0.29, 0.717) is 12.0 Å². The summed E-state index contributed by atoms with van der Waals surface area (Å²) in [5, 5.41) is 18.3. The SMILES string of the molecule is CCCC=C1C(C(=O)O)=CC=CC1(C)C(=O)O. The van der Waals surface area contributed by atoms with Gasteiger partial charge >= 0.3 is 11.9 Å². The van der Waals surface area contributed by atoms with E-state index in [1.54, 1.807) is 6.08 Å². The molecule has 0 amide bonds. The maximum atomic E-state index is 11.3. The molecule has 0 radical (unpaired) electrons. The van der Waals surface area contributed by atoms with Crippen LogP contribution in [0.2, 0.25) is 0 Å². The lowest BCUT2D eigenvalue weighted by Crippen LogP contribution is -2.31. The molecule has 2 N–H and O–H groups in total. The first-order chi connectivity index (χ1) is 7.93. The lowest BCUT2D eigenvalue weighted by molar-refractivity contribution is -0.143. The molecule has 1 unspecified atom stereocenters. The second kappa shape index (κ2) is 4.99. The van der Waals surface area contributed by atoms with Gasteiger partial charge in [0.05, 0.1) is 5.57 Å². The van der Waals surface area contributed by atoms with Crippen LogP contribution in [-0.4, -0.2) is 22.2 Å². The van der Waals surface area contributed by atoms with Crippen LogP contribution in [0.1, 0.15) is 26.7 Å². The zero-order valence-electron chi connectivity index (χ0n) is 9.93. The molecule has 0 fully saturated rings. The van der Waals surface area contributed by atoms with Gasteiger partial charge in [-0.05, 0) is 25.0 Å². The zero-order valence-corrected chi connectivity index (χ0v) is 9.93. The van der Waals surface area contributed by atoms with E-state index in [9.17, 15) is 14.7 Å². The molecule has 1 aliphatic rings. The number of carboxylic acids is 2. The molecule has 1 atom stereocenters. The summed E-state index contributed by atoms with van der Waals surface area (Å²) in [6.45, 7) is 3.47. The van der Waals surface area contributed by atoms with Gasteiger partial charge in [-0.2, -0.15) is 0 Å². The number of hydrogen-bond donors (Lipinski definition) is 2. The number of aliphatic carboxylic acids is 2. The molecule has 1 aliphatic carbocycles. The lowest BCUT2D eigenvalue weighted by atomic mass is 9.74. The third-order valence-electron chi connectivity index (χ3n) is 2.85. The average Bonchev–Trinajstić information content (AvgIpc) is 2.26. The van der Waals surface area contributed by atoms with E-state index in [0.717, 1.165) is 6.42 Å². The van der Waals surface area contributed by atoms with Crippen molar-refractivity contribution in [3.05, 3.63) is 35.5 Å². The summed E-state index contributed by atoms with van der Waals surface area (Å²) >= 11 is 0. The standard InChI is InChI=1S/C13H16O4/c1-3-4-7-10-9(11(14)15)6-5-8-13(10,2)12(16)17/h5-8H,3-4H2,1-2H3,(H,14,15)(H,16,17). The molecule has 0 aliphatic heterocycles. The maximum Gasteiger partial charge on any atom is 0.335 e. The highest BCUT2D eigenvalue weighted by Crippen LogP contribution is 2.37. The number of carboxylic acid groups (broad SMARTS) is 2. The highest BCUT2D eigenvalue weighted by atomic mass is 16.4. The van der Waals surface area contributed by atoms with E-state index in [1.165, 1.54) is 25.2 Å². The summed E-state index contributed by atoms with van der Waals surface area (Å²) in [6.07, 6.45) is 7.66. The molecule has 0 bridgehead atoms. The van der Waals surface area contributed by atoms with Gasteiger partial charge < -0.3 is 10.2 Å². The van der Waals surface area contributed by atoms with Crippen molar-refractivity contribution in [2.45, 2.75) is 26.7 Å². The molecule has 0 spiro atoms. The third kappa shape index (κ3) is 2.46. The third-order valence-corrected chi connectivity index (χ3v) is 2.85. The van der Waals surface area contributed by atoms with Gasteiger partial charge in [-0.15, -0.1) is 0 Å². The lowest BCUT2D eigenvalue weighted by Gasteiger charge is -2.27. The summed E-state index contributed by atoms with van der Waals surface area (Å²) in [5.41, 5.74) is -0.829. The molecule has 0 aromatic carbocycles. The minimum absolute atomic E-state index is 0.0610. The van der Waals surface area contributed by atoms with E-state index in [2.05, 4.69) is 0 Å². The average molecular weight is 236 g/mol. The van der Waals surface area contributed by atoms with E-state index >= 15 is 0 Å². The minimum Gasteiger partial charge on any atom is -0.480 e. The fourth-order valence-corrected chi connectivity index (χ4v) is 1.78. The van der Waals surface area contributed by atoms with Gasteiger partial charge in [0.15, 0.2) is 0 Å². The van der Waals surface area contributed by atoms with Crippen molar-refractivity contribution in [3.63, 3.8) is 0 Å². The Morgan fingerprint density at radius 3 is 2.53 bits per heavy atom. The van der Waals surface area contributed by atoms with E-state index in [1.807, 2.05) is 6.92 Å². The van der Waals surface area contributed by atoms with Crippen LogP contribution in [0.4, 0.5) is 0 Å². The van der Waals surface area contributed by atoms with Crippen LogP contribution in [0.5, 0.6) is 0 Å². The maximum absolute atomic E-state index is 11.3. The Morgan fingerprint density at radius 2 is 2.06 bits per heavy atom. The van der Waals surface area contributed by atoms with Crippen LogP contribution < -0.4 is 0 Å². The van der Waals surface area contributed by atoms with Crippen LogP contribution in [-0.2, 0) is 9.59 Å². The molecule has 0 saturated carbocycles. The summed E-state index contributed by atoms with van der Waals surface area (Å²) in [7, 11) is 0. The van der Waals surface area contributed by atoms with Gasteiger partial charge in [-0.25, -0.2) is 4.79 Å². The smallest absolute Gasteiger partial charge is 0.335 e. The summed E-state index contributed by atoms with van der Waals surface area (Å²) < 4.78 is 0. The van der Waals surface area contributed by atoms with Crippen molar-refractivity contribution in [2.24, 2.45) is 5.41 Å². The molecule has 0 saturated heterocycles. The predicted molar refractivity (Wildman–Crippen MR) is 63.6 cm³/mol. The summed E-state index contributed by atoms with van der Waals surface area (Å²) in [6, 6.07) is 0. The van der Waals surface area contributed by atoms with Crippen LogP contribution in [0.3, 0.4) is 0 Å². The topological polar surface area (TPSA) is 74.6 Å². The minimum atomic E-state index is -1.25. The molecule has 1 rings (SSSR count). The Hall–Kier alpha value is -1.84. The first-order valence-electron chi connectivity index (χ1n) is 5.50. The second-order valence-electron chi connectivity index (χ2n) is 4.16. The molecule has 0 aromatic heterocycles. The fraction of sp³-hybridized carbons (Fsp3) is 0.385. The molecular weight excluding hydrogens is 220 g/mol. The van der Waals surface area contributed by atoms with Crippen molar-refractivity contribution in [2.75, 3.05) is 0 Å². The predicted octanol–water partition coefficient (Wildman–Crippen LogP) is 2.38. The van der Waals surface area contributed by atoms with Gasteiger partial charge in [0.2, 0.25) is 0 Å². The molecule has 0 aromatic rings. The van der Waals surface area contributed by atoms with Crippen molar-refractivity contribution < 1.29 is 19.8 Å². The van der Waals surface area contributed by atoms with E-state index < -0.39 is 17.4 Å². The van der Waals surface area contributed by atoms with Crippen molar-refractivity contribution in [1.82, 2.24) is 0 Å². The van der Waals surface area contributed by atoms with Gasteiger partial charge in [0, 0.05) is 0 Å². The van der Waals surface area contributed by atoms with Crippen molar-refractivity contribution >= 4 is 11.9 Å². The van der Waals surface area contributed by atoms with E-state index in [4.69, 9.17) is 5.11 Å². The molecule has 17 heavy (non-hydrogen) atoms. The second-order valence-corrected chi connectivity index (χ2v) is 4.16. The zero-order chi connectivity index (χ0) is 13.1. The Morgan fingerprint density at radius 1 is 1.41 bits per heavy atom. The highest BCUT2D eigenvalue weighted by Gasteiger charge is 2.39. The number of allylic oxidation sites excluding steroid dienone is 3. The van der Waals surface area contributed by atoms with Crippen LogP contribution in [0, 0.1) is 5.41 Å². The van der Waals surface area contributed by atoms with Crippen LogP contribution in [0.25, 0.3) is 0 Å². The van der Waals surface area contributed by atoms with Gasteiger partial charge in [0.25, 0.3) is 0 Å². The fourth-order valence-electron chi connectivity index (χ4n) is 1.78. The van der Waals surface area contributed by atoms with Crippen LogP contribution in [0.15, 0.2) is 35.5 Å². The normalized spacial score (nSPS) is 25.8. The largest absolute Gasteiger partial charge is 0.480 e. The van der Waals surface area contributed by atoms with Crippen molar-refractivity contribution in [1.29, 1.82) is 0 Å². The Bertz CT molecular complexity index is 429. The molecule has 4 nitrogen and oxygen atoms in total. The van der Waals surface area contributed by atoms with Gasteiger partial charge in [-0.3, -0.25) is 4.79 Å². The van der Waals surface area contributed by atoms with Crippen LogP contribution >= 0.6 is 0 Å². The molecular formula is C13H16O4. The Balaban J connectivity index is 3.28. The summed E-state index contributed by atoms with van der Waals surface area (Å²) in [4.78, 5) is 22.4. The Labute approximate surface area is 100.0 Å². The highest BCUT2D eigenvalue weighted by molar-refractivity contribution is 5.97. The van der Waals surface area contributed by atoms with Crippen molar-refractivity contribution in [3.8, 4) is 0 Å². The Kier molecular flexibility index (Phi) is 3.89. The van der Waals surface area contributed by atoms with Gasteiger partial charge in [0.1, 0.15) is 5.41 Å². The monoisotopic (exact) mass is 236 g/mol. The quantitative estimate of drug-likeness (QED) is 0.785. The first kappa shape index (κ1) is 13.2. The van der Waals surface area contributed by atoms with Gasteiger partial charge in [-0.1, -0.05) is 31.6 Å². The molecule has 4 heteroatoms. The number of carbonyl (C=O) groups is 2. The first-order valence-corrected chi connectivity index (χ1v) is 5.50. The summed E-state index contributed by atoms with van der Waals surface area (Å²) in [5.74, 6) is -2.13.